The Morgan fingerprint density at radius 3 is 2.38 bits per heavy atom. The van der Waals surface area contributed by atoms with Crippen LogP contribution in [-0.2, 0) is 14.4 Å². The molecule has 1 N–H and O–H groups in total. The molecular formula is C19H25N3O4. The fourth-order valence-electron chi connectivity index (χ4n) is 2.87. The quantitative estimate of drug-likeness (QED) is 0.599. The number of rotatable bonds is 7. The lowest BCUT2D eigenvalue weighted by atomic mass is 9.98. The fraction of sp³-hybridized carbons (Fsp3) is 0.474. The number of carbonyl (C=O) groups is 4. The molecule has 0 saturated carbocycles. The van der Waals surface area contributed by atoms with E-state index in [1.54, 1.807) is 0 Å². The van der Waals surface area contributed by atoms with Crippen LogP contribution >= 0.6 is 0 Å². The molecule has 7 heteroatoms. The number of imide groups is 2. The van der Waals surface area contributed by atoms with Gasteiger partial charge in [-0.3, -0.25) is 19.3 Å². The van der Waals surface area contributed by atoms with Crippen LogP contribution in [0.1, 0.15) is 50.7 Å². The molecule has 1 aromatic rings. The molecule has 140 valence electrons. The van der Waals surface area contributed by atoms with Gasteiger partial charge in [0.25, 0.3) is 0 Å². The Hall–Kier alpha value is -2.70. The highest BCUT2D eigenvalue weighted by Crippen LogP contribution is 2.27. The SMILES string of the molecule is CCCCN1C(=O)C(=O)N(CC(=O)Nc2c(C)cccc2C(C)C)C1=O. The van der Waals surface area contributed by atoms with E-state index in [0.29, 0.717) is 17.0 Å². The summed E-state index contributed by atoms with van der Waals surface area (Å²) in [4.78, 5) is 50.3. The molecule has 1 fully saturated rings. The van der Waals surface area contributed by atoms with Crippen LogP contribution in [0.5, 0.6) is 0 Å². The number of anilines is 1. The number of hydrogen-bond acceptors (Lipinski definition) is 4. The van der Waals surface area contributed by atoms with Crippen molar-refractivity contribution in [2.24, 2.45) is 0 Å². The zero-order valence-corrected chi connectivity index (χ0v) is 15.7. The molecule has 7 nitrogen and oxygen atoms in total. The van der Waals surface area contributed by atoms with Crippen molar-refractivity contribution in [2.45, 2.75) is 46.5 Å². The van der Waals surface area contributed by atoms with Gasteiger partial charge in [-0.15, -0.1) is 0 Å². The Balaban J connectivity index is 2.12. The molecule has 0 radical (unpaired) electrons. The molecule has 1 saturated heterocycles. The number of carbonyl (C=O) groups excluding carboxylic acids is 4. The molecule has 0 unspecified atom stereocenters. The summed E-state index contributed by atoms with van der Waals surface area (Å²) in [7, 11) is 0. The average molecular weight is 359 g/mol. The summed E-state index contributed by atoms with van der Waals surface area (Å²) in [6.45, 7) is 7.55. The summed E-state index contributed by atoms with van der Waals surface area (Å²) < 4.78 is 0. The molecule has 0 aromatic heterocycles. The third-order valence-electron chi connectivity index (χ3n) is 4.36. The number of urea groups is 1. The minimum absolute atomic E-state index is 0.188. The lowest BCUT2D eigenvalue weighted by Crippen LogP contribution is -2.39. The zero-order valence-electron chi connectivity index (χ0n) is 15.7. The number of hydrogen-bond donors (Lipinski definition) is 1. The van der Waals surface area contributed by atoms with Gasteiger partial charge >= 0.3 is 17.8 Å². The van der Waals surface area contributed by atoms with Crippen LogP contribution in [0.15, 0.2) is 18.2 Å². The Labute approximate surface area is 153 Å². The van der Waals surface area contributed by atoms with Crippen molar-refractivity contribution in [2.75, 3.05) is 18.4 Å². The first-order valence-corrected chi connectivity index (χ1v) is 8.84. The molecule has 0 atom stereocenters. The summed E-state index contributed by atoms with van der Waals surface area (Å²) in [5, 5.41) is 2.79. The molecule has 5 amide bonds. The third kappa shape index (κ3) is 3.92. The van der Waals surface area contributed by atoms with Crippen LogP contribution in [-0.4, -0.2) is 46.6 Å². The minimum atomic E-state index is -0.949. The maximum absolute atomic E-state index is 12.4. The normalized spacial score (nSPS) is 14.6. The molecule has 0 aliphatic carbocycles. The number of nitrogens with one attached hydrogen (secondary N) is 1. The standard InChI is InChI=1S/C19H25N3O4/c1-5-6-10-21-17(24)18(25)22(19(21)26)11-15(23)20-16-13(4)8-7-9-14(16)12(2)3/h7-9,12H,5-6,10-11H2,1-4H3,(H,20,23). The second-order valence-corrected chi connectivity index (χ2v) is 6.73. The lowest BCUT2D eigenvalue weighted by Gasteiger charge is -2.18. The first-order valence-electron chi connectivity index (χ1n) is 8.84. The second-order valence-electron chi connectivity index (χ2n) is 6.73. The molecule has 1 heterocycles. The Bertz CT molecular complexity index is 742. The predicted octanol–water partition coefficient (Wildman–Crippen LogP) is 2.65. The largest absolute Gasteiger partial charge is 0.334 e. The van der Waals surface area contributed by atoms with Crippen molar-refractivity contribution in [3.05, 3.63) is 29.3 Å². The van der Waals surface area contributed by atoms with Gasteiger partial charge in [-0.05, 0) is 30.4 Å². The number of para-hydroxylation sites is 1. The highest BCUT2D eigenvalue weighted by molar-refractivity contribution is 6.45. The summed E-state index contributed by atoms with van der Waals surface area (Å²) in [5.74, 6) is -2.12. The van der Waals surface area contributed by atoms with Crippen LogP contribution in [0, 0.1) is 6.92 Å². The summed E-state index contributed by atoms with van der Waals surface area (Å²) >= 11 is 0. The van der Waals surface area contributed by atoms with Gasteiger partial charge < -0.3 is 5.32 Å². The monoisotopic (exact) mass is 359 g/mol. The average Bonchev–Trinajstić information content (AvgIpc) is 2.78. The maximum atomic E-state index is 12.4. The van der Waals surface area contributed by atoms with Gasteiger partial charge in [-0.25, -0.2) is 9.69 Å². The van der Waals surface area contributed by atoms with E-state index >= 15 is 0 Å². The topological polar surface area (TPSA) is 86.8 Å². The molecule has 0 bridgehead atoms. The van der Waals surface area contributed by atoms with Crippen molar-refractivity contribution >= 4 is 29.4 Å². The van der Waals surface area contributed by atoms with E-state index in [4.69, 9.17) is 0 Å². The number of amides is 5. The van der Waals surface area contributed by atoms with Gasteiger partial charge in [0.05, 0.1) is 0 Å². The molecular weight excluding hydrogens is 334 g/mol. The van der Waals surface area contributed by atoms with E-state index in [1.807, 2.05) is 45.9 Å². The molecule has 26 heavy (non-hydrogen) atoms. The van der Waals surface area contributed by atoms with Crippen molar-refractivity contribution in [3.8, 4) is 0 Å². The van der Waals surface area contributed by atoms with Crippen LogP contribution in [0.2, 0.25) is 0 Å². The number of unbranched alkanes of at least 4 members (excludes halogenated alkanes) is 1. The predicted molar refractivity (Wildman–Crippen MR) is 97.6 cm³/mol. The van der Waals surface area contributed by atoms with Crippen molar-refractivity contribution in [1.82, 2.24) is 9.80 Å². The second kappa shape index (κ2) is 8.12. The van der Waals surface area contributed by atoms with Crippen molar-refractivity contribution < 1.29 is 19.2 Å². The Morgan fingerprint density at radius 1 is 1.12 bits per heavy atom. The Morgan fingerprint density at radius 2 is 1.77 bits per heavy atom. The fourth-order valence-corrected chi connectivity index (χ4v) is 2.87. The van der Waals surface area contributed by atoms with Gasteiger partial charge in [0.15, 0.2) is 0 Å². The van der Waals surface area contributed by atoms with E-state index in [0.717, 1.165) is 22.4 Å². The maximum Gasteiger partial charge on any atom is 0.334 e. The van der Waals surface area contributed by atoms with Gasteiger partial charge in [-0.1, -0.05) is 45.4 Å². The molecule has 1 aliphatic heterocycles. The van der Waals surface area contributed by atoms with Gasteiger partial charge in [0.2, 0.25) is 5.91 Å². The molecule has 2 rings (SSSR count). The molecule has 1 aliphatic rings. The number of benzene rings is 1. The lowest BCUT2D eigenvalue weighted by molar-refractivity contribution is -0.143. The van der Waals surface area contributed by atoms with Gasteiger partial charge in [0, 0.05) is 12.2 Å². The van der Waals surface area contributed by atoms with Gasteiger partial charge in [0.1, 0.15) is 6.54 Å². The van der Waals surface area contributed by atoms with E-state index < -0.39 is 30.3 Å². The highest BCUT2D eigenvalue weighted by Gasteiger charge is 2.44. The summed E-state index contributed by atoms with van der Waals surface area (Å²) in [6.07, 6.45) is 1.41. The van der Waals surface area contributed by atoms with E-state index in [9.17, 15) is 19.2 Å². The first kappa shape index (κ1) is 19.6. The molecule has 0 spiro atoms. The summed E-state index contributed by atoms with van der Waals surface area (Å²) in [5.41, 5.74) is 2.54. The zero-order chi connectivity index (χ0) is 19.4. The van der Waals surface area contributed by atoms with E-state index in [-0.39, 0.29) is 12.5 Å². The summed E-state index contributed by atoms with van der Waals surface area (Å²) in [6, 6.07) is 4.99. The van der Waals surface area contributed by atoms with E-state index in [1.165, 1.54) is 0 Å². The third-order valence-corrected chi connectivity index (χ3v) is 4.36. The van der Waals surface area contributed by atoms with Crippen LogP contribution in [0.3, 0.4) is 0 Å². The minimum Gasteiger partial charge on any atom is -0.324 e. The Kier molecular flexibility index (Phi) is 6.13. The van der Waals surface area contributed by atoms with Crippen LogP contribution in [0.25, 0.3) is 0 Å². The smallest absolute Gasteiger partial charge is 0.324 e. The number of nitrogens with zero attached hydrogens (tertiary/aromatic N) is 2. The number of aryl methyl sites for hydroxylation is 1. The van der Waals surface area contributed by atoms with Crippen LogP contribution < -0.4 is 5.32 Å². The van der Waals surface area contributed by atoms with E-state index in [2.05, 4.69) is 5.32 Å². The van der Waals surface area contributed by atoms with Crippen LogP contribution in [0.4, 0.5) is 10.5 Å². The van der Waals surface area contributed by atoms with Gasteiger partial charge in [-0.2, -0.15) is 0 Å². The van der Waals surface area contributed by atoms with Crippen molar-refractivity contribution in [3.63, 3.8) is 0 Å². The molecule has 1 aromatic carbocycles. The first-order chi connectivity index (χ1) is 12.3. The highest BCUT2D eigenvalue weighted by atomic mass is 16.2. The van der Waals surface area contributed by atoms with Crippen molar-refractivity contribution in [1.29, 1.82) is 0 Å².